The van der Waals surface area contributed by atoms with Crippen LogP contribution in [0.1, 0.15) is 142 Å². The largest absolute Gasteiger partial charge is 0.337 e. The molecular formula is C83H79BN4Si. The summed E-state index contributed by atoms with van der Waals surface area (Å²) in [7, 11) is -3.31. The van der Waals surface area contributed by atoms with Crippen LogP contribution in [0, 0.1) is 0 Å². The molecule has 4 nitrogen and oxygen atoms in total. The van der Waals surface area contributed by atoms with Gasteiger partial charge in [-0.05, 0) is 221 Å². The van der Waals surface area contributed by atoms with E-state index < -0.39 is 8.07 Å². The van der Waals surface area contributed by atoms with E-state index in [-0.39, 0.29) is 12.1 Å². The molecule has 2 aromatic heterocycles. The van der Waals surface area contributed by atoms with Crippen molar-refractivity contribution in [3.8, 4) is 22.5 Å². The van der Waals surface area contributed by atoms with Crippen LogP contribution in [0.5, 0.6) is 0 Å². The molecule has 9 aromatic carbocycles. The number of aryl methyl sites for hydroxylation is 1. The molecule has 0 saturated heterocycles. The predicted molar refractivity (Wildman–Crippen MR) is 378 cm³/mol. The molecule has 6 heteroatoms. The van der Waals surface area contributed by atoms with E-state index in [1.54, 1.807) is 33.3 Å². The molecular weight excluding hydrogens is 1090 g/mol. The Labute approximate surface area is 528 Å². The molecule has 2 unspecified atom stereocenters. The second kappa shape index (κ2) is 20.9. The van der Waals surface area contributed by atoms with Gasteiger partial charge in [0.15, 0.2) is 8.07 Å². The summed E-state index contributed by atoms with van der Waals surface area (Å²) in [6, 6.07) is 83.5. The highest BCUT2D eigenvalue weighted by atomic mass is 28.3. The van der Waals surface area contributed by atoms with Crippen molar-refractivity contribution in [1.29, 1.82) is 0 Å². The summed E-state index contributed by atoms with van der Waals surface area (Å²) in [6.45, 7) is 7.08. The van der Waals surface area contributed by atoms with E-state index in [9.17, 15) is 0 Å². The number of fused-ring (bicyclic) bond motifs is 13. The lowest BCUT2D eigenvalue weighted by Gasteiger charge is -2.48. The quantitative estimate of drug-likeness (QED) is 0.148. The van der Waals surface area contributed by atoms with Crippen molar-refractivity contribution in [3.05, 3.63) is 251 Å². The Kier molecular flexibility index (Phi) is 12.6. The Bertz CT molecular complexity index is 4550. The lowest BCUT2D eigenvalue weighted by Crippen LogP contribution is -2.87. The van der Waals surface area contributed by atoms with Gasteiger partial charge in [0.25, 0.3) is 0 Å². The second-order valence-corrected chi connectivity index (χ2v) is 32.1. The van der Waals surface area contributed by atoms with Crippen LogP contribution in [0.15, 0.2) is 206 Å². The number of rotatable bonds is 7. The standard InChI is InChI=1S/C83H79BN4Si/c1-83(2,3)56-44-49-77(68(50-56)55-26-8-4-9-27-55)88-78-51-57(85-71-39-21-16-33-63(71)64-34-17-22-40-72(64)85)45-47-69(78)84-70-48-46-58(86-73-41-23-18-35-65(73)66-36-19-24-42-74(66)86)53-80(70)89(60-28-10-5-11-29-60,61-30-12-6-13-31-61)81-54-59(52-79(88)82(81)84)87-75-38-15-7-14-32-62(75)67-37-20-25-43-76(67)87/h4-6,8-13,16,20-21,25-31,33,37,39,43-54,62,75H,7,14-15,17-19,22-24,32,34-36,38,40-42H2,1-3H3. The first-order valence-electron chi connectivity index (χ1n) is 34.1. The minimum atomic E-state index is -3.31. The monoisotopic (exact) mass is 1170 g/mol. The average molecular weight is 1170 g/mol. The van der Waals surface area contributed by atoms with Crippen LogP contribution in [0.3, 0.4) is 0 Å². The highest BCUT2D eigenvalue weighted by Crippen LogP contribution is 2.53. The van der Waals surface area contributed by atoms with E-state index in [2.05, 4.69) is 246 Å². The van der Waals surface area contributed by atoms with E-state index in [1.165, 1.54) is 194 Å². The van der Waals surface area contributed by atoms with Crippen molar-refractivity contribution < 1.29 is 0 Å². The molecule has 1 saturated carbocycles. The minimum absolute atomic E-state index is 0.0419. The Morgan fingerprint density at radius 1 is 0.427 bits per heavy atom. The van der Waals surface area contributed by atoms with Crippen LogP contribution < -0.4 is 46.9 Å². The first-order chi connectivity index (χ1) is 43.8. The first-order valence-corrected chi connectivity index (χ1v) is 36.1. The number of anilines is 5. The average Bonchev–Trinajstić information content (AvgIpc) is 1.26. The van der Waals surface area contributed by atoms with Gasteiger partial charge in [0.05, 0.1) is 11.2 Å². The lowest BCUT2D eigenvalue weighted by molar-refractivity contribution is 0.529. The van der Waals surface area contributed by atoms with Crippen LogP contribution in [-0.2, 0) is 43.9 Å². The van der Waals surface area contributed by atoms with E-state index in [1.807, 2.05) is 0 Å². The number of nitrogens with zero attached hydrogens (tertiary/aromatic N) is 4. The van der Waals surface area contributed by atoms with Crippen LogP contribution in [0.2, 0.25) is 0 Å². The smallest absolute Gasteiger partial charge is 0.246 e. The molecule has 0 spiro atoms. The molecule has 0 bridgehead atoms. The topological polar surface area (TPSA) is 16.3 Å². The van der Waals surface area contributed by atoms with E-state index >= 15 is 0 Å². The van der Waals surface area contributed by atoms with Crippen LogP contribution >= 0.6 is 0 Å². The van der Waals surface area contributed by atoms with Gasteiger partial charge in [0, 0.05) is 74.1 Å². The molecule has 5 heterocycles. The molecule has 4 aliphatic carbocycles. The number of aromatic nitrogens is 2. The molecule has 3 aliphatic heterocycles. The molecule has 438 valence electrons. The SMILES string of the molecule is CC(C)(C)c1ccc(N2c3cc(-n4c5c(c6ccccc64)CCCC5)ccc3B3c4ccc(-n5c6c(c7c5CCCC7)CCCC6)cc4[Si](c4ccccc4)(c4ccccc4)c4cc(N5c6ccccc6C6CCCCCC65)cc2c43)c(-c2ccccc2)c1. The van der Waals surface area contributed by atoms with Gasteiger partial charge in [-0.2, -0.15) is 0 Å². The van der Waals surface area contributed by atoms with Crippen molar-refractivity contribution in [1.82, 2.24) is 9.13 Å². The number of para-hydroxylation sites is 2. The van der Waals surface area contributed by atoms with Crippen LogP contribution in [0.4, 0.5) is 28.4 Å². The van der Waals surface area contributed by atoms with Crippen molar-refractivity contribution in [2.75, 3.05) is 9.80 Å². The maximum atomic E-state index is 2.89. The fourth-order valence-corrected chi connectivity index (χ4v) is 24.1. The zero-order chi connectivity index (χ0) is 59.1. The minimum Gasteiger partial charge on any atom is -0.337 e. The summed E-state index contributed by atoms with van der Waals surface area (Å²) in [4.78, 5) is 5.70. The van der Waals surface area contributed by atoms with E-state index in [0.29, 0.717) is 12.0 Å². The van der Waals surface area contributed by atoms with E-state index in [0.717, 1.165) is 25.7 Å². The highest BCUT2D eigenvalue weighted by molar-refractivity contribution is 7.26. The number of hydrogen-bond acceptors (Lipinski definition) is 2. The molecule has 7 aliphatic rings. The third-order valence-corrected chi connectivity index (χ3v) is 27.5. The van der Waals surface area contributed by atoms with Gasteiger partial charge in [0.1, 0.15) is 0 Å². The van der Waals surface area contributed by atoms with Crippen molar-refractivity contribution in [2.24, 2.45) is 0 Å². The van der Waals surface area contributed by atoms with Crippen molar-refractivity contribution >= 4 is 91.3 Å². The maximum absolute atomic E-state index is 3.31. The summed E-state index contributed by atoms with van der Waals surface area (Å²) in [5.41, 5.74) is 29.7. The fourth-order valence-electron chi connectivity index (χ4n) is 18.8. The Balaban J connectivity index is 1.01. The number of benzene rings is 9. The van der Waals surface area contributed by atoms with Gasteiger partial charge in [0.2, 0.25) is 6.71 Å². The third kappa shape index (κ3) is 8.10. The van der Waals surface area contributed by atoms with Gasteiger partial charge < -0.3 is 18.9 Å². The van der Waals surface area contributed by atoms with E-state index in [4.69, 9.17) is 0 Å². The molecule has 89 heavy (non-hydrogen) atoms. The number of hydrogen-bond donors (Lipinski definition) is 0. The Morgan fingerprint density at radius 2 is 1.01 bits per heavy atom. The second-order valence-electron chi connectivity index (χ2n) is 28.4. The fraction of sp³-hybridized carbons (Fsp3) is 0.277. The normalized spacial score (nSPS) is 18.7. The van der Waals surface area contributed by atoms with Crippen molar-refractivity contribution in [2.45, 2.75) is 147 Å². The highest BCUT2D eigenvalue weighted by Gasteiger charge is 2.55. The molecule has 2 atom stereocenters. The molecule has 0 amide bonds. The summed E-state index contributed by atoms with van der Waals surface area (Å²) < 4.78 is 5.51. The van der Waals surface area contributed by atoms with Crippen LogP contribution in [-0.4, -0.2) is 30.0 Å². The third-order valence-electron chi connectivity index (χ3n) is 22.7. The van der Waals surface area contributed by atoms with Gasteiger partial charge in [-0.3, -0.25) is 0 Å². The summed E-state index contributed by atoms with van der Waals surface area (Å²) in [6.07, 6.45) is 20.8. The maximum Gasteiger partial charge on any atom is 0.246 e. The predicted octanol–water partition coefficient (Wildman–Crippen LogP) is 15.6. The lowest BCUT2D eigenvalue weighted by atomic mass is 9.34. The van der Waals surface area contributed by atoms with Crippen LogP contribution in [0.25, 0.3) is 33.4 Å². The van der Waals surface area contributed by atoms with Crippen molar-refractivity contribution in [3.63, 3.8) is 0 Å². The molecule has 1 fully saturated rings. The van der Waals surface area contributed by atoms with Gasteiger partial charge >= 0.3 is 0 Å². The molecule has 18 rings (SSSR count). The summed E-state index contributed by atoms with van der Waals surface area (Å²) in [5, 5.41) is 7.38. The summed E-state index contributed by atoms with van der Waals surface area (Å²) in [5.74, 6) is 0.483. The molecule has 0 radical (unpaired) electrons. The Morgan fingerprint density at radius 3 is 1.73 bits per heavy atom. The van der Waals surface area contributed by atoms with Gasteiger partial charge in [-0.15, -0.1) is 0 Å². The van der Waals surface area contributed by atoms with Gasteiger partial charge in [-0.1, -0.05) is 191 Å². The summed E-state index contributed by atoms with van der Waals surface area (Å²) >= 11 is 0. The zero-order valence-corrected chi connectivity index (χ0v) is 53.2. The van der Waals surface area contributed by atoms with Gasteiger partial charge in [-0.25, -0.2) is 0 Å². The first kappa shape index (κ1) is 53.7. The molecule has 11 aromatic rings. The molecule has 0 N–H and O–H groups in total. The zero-order valence-electron chi connectivity index (χ0n) is 52.2. The Hall–Kier alpha value is -8.32.